The van der Waals surface area contributed by atoms with Crippen molar-refractivity contribution in [1.29, 1.82) is 0 Å². The molecule has 29 heavy (non-hydrogen) atoms. The van der Waals surface area contributed by atoms with Crippen LogP contribution in [0, 0.1) is 5.82 Å². The molecule has 1 fully saturated rings. The number of alkyl halides is 1. The summed E-state index contributed by atoms with van der Waals surface area (Å²) in [6, 6.07) is 8.88. The SMILES string of the molecule is COc1ccc(Cl)c(C(=O)NCC2(O)CCC(F)CC2c2cccc(F)c2Cl)c1. The normalized spacial score (nSPS) is 24.2. The minimum atomic E-state index is -1.49. The lowest BCUT2D eigenvalue weighted by molar-refractivity contribution is -0.0331. The fourth-order valence-electron chi connectivity index (χ4n) is 3.73. The average Bonchev–Trinajstić information content (AvgIpc) is 2.71. The van der Waals surface area contributed by atoms with Gasteiger partial charge in [-0.2, -0.15) is 0 Å². The number of benzene rings is 2. The molecule has 0 saturated heterocycles. The molecule has 0 radical (unpaired) electrons. The van der Waals surface area contributed by atoms with E-state index in [1.807, 2.05) is 0 Å². The van der Waals surface area contributed by atoms with Gasteiger partial charge in [-0.15, -0.1) is 0 Å². The number of aliphatic hydroxyl groups is 1. The zero-order valence-corrected chi connectivity index (χ0v) is 17.2. The van der Waals surface area contributed by atoms with E-state index < -0.39 is 29.4 Å². The van der Waals surface area contributed by atoms with Crippen molar-refractivity contribution in [3.63, 3.8) is 0 Å². The summed E-state index contributed by atoms with van der Waals surface area (Å²) in [7, 11) is 1.47. The molecule has 1 aliphatic rings. The highest BCUT2D eigenvalue weighted by Gasteiger charge is 2.44. The Morgan fingerprint density at radius 3 is 2.83 bits per heavy atom. The molecule has 1 amide bonds. The maximum Gasteiger partial charge on any atom is 0.253 e. The van der Waals surface area contributed by atoms with Crippen molar-refractivity contribution in [2.75, 3.05) is 13.7 Å². The Morgan fingerprint density at radius 2 is 2.10 bits per heavy atom. The zero-order valence-electron chi connectivity index (χ0n) is 15.7. The van der Waals surface area contributed by atoms with E-state index in [-0.39, 0.29) is 41.4 Å². The number of nitrogens with one attached hydrogen (secondary N) is 1. The van der Waals surface area contributed by atoms with E-state index in [4.69, 9.17) is 27.9 Å². The van der Waals surface area contributed by atoms with Crippen LogP contribution in [0.1, 0.15) is 41.1 Å². The Balaban J connectivity index is 1.83. The van der Waals surface area contributed by atoms with E-state index in [1.54, 1.807) is 12.1 Å². The molecule has 0 aromatic heterocycles. The van der Waals surface area contributed by atoms with Gasteiger partial charge in [0.2, 0.25) is 0 Å². The molecule has 0 spiro atoms. The molecule has 8 heteroatoms. The number of halogens is 4. The summed E-state index contributed by atoms with van der Waals surface area (Å²) >= 11 is 12.2. The number of hydrogen-bond acceptors (Lipinski definition) is 3. The first-order valence-electron chi connectivity index (χ1n) is 9.17. The van der Waals surface area contributed by atoms with E-state index in [9.17, 15) is 18.7 Å². The van der Waals surface area contributed by atoms with Crippen molar-refractivity contribution in [1.82, 2.24) is 5.32 Å². The van der Waals surface area contributed by atoms with E-state index >= 15 is 0 Å². The lowest BCUT2D eigenvalue weighted by Gasteiger charge is -2.42. The number of hydrogen-bond donors (Lipinski definition) is 2. The second-order valence-electron chi connectivity index (χ2n) is 7.20. The highest BCUT2D eigenvalue weighted by Crippen LogP contribution is 2.44. The summed E-state index contributed by atoms with van der Waals surface area (Å²) < 4.78 is 33.2. The summed E-state index contributed by atoms with van der Waals surface area (Å²) in [5.41, 5.74) is -0.972. The van der Waals surface area contributed by atoms with Gasteiger partial charge in [-0.3, -0.25) is 4.79 Å². The Hall–Kier alpha value is -1.89. The van der Waals surface area contributed by atoms with Crippen LogP contribution in [0.4, 0.5) is 8.78 Å². The van der Waals surface area contributed by atoms with Crippen LogP contribution in [0.5, 0.6) is 5.75 Å². The van der Waals surface area contributed by atoms with Gasteiger partial charge in [0.1, 0.15) is 17.7 Å². The highest BCUT2D eigenvalue weighted by molar-refractivity contribution is 6.34. The minimum absolute atomic E-state index is 0.0184. The topological polar surface area (TPSA) is 58.6 Å². The fourth-order valence-corrected chi connectivity index (χ4v) is 4.19. The Bertz CT molecular complexity index is 911. The molecule has 0 heterocycles. The van der Waals surface area contributed by atoms with Gasteiger partial charge >= 0.3 is 0 Å². The lowest BCUT2D eigenvalue weighted by atomic mass is 9.71. The second-order valence-corrected chi connectivity index (χ2v) is 7.98. The van der Waals surface area contributed by atoms with Crippen molar-refractivity contribution in [3.05, 3.63) is 63.4 Å². The highest BCUT2D eigenvalue weighted by atomic mass is 35.5. The largest absolute Gasteiger partial charge is 0.497 e. The zero-order chi connectivity index (χ0) is 21.2. The van der Waals surface area contributed by atoms with Crippen molar-refractivity contribution >= 4 is 29.1 Å². The summed E-state index contributed by atoms with van der Waals surface area (Å²) in [4.78, 5) is 12.6. The summed E-state index contributed by atoms with van der Waals surface area (Å²) in [6.07, 6.45) is -0.939. The van der Waals surface area contributed by atoms with Gasteiger partial charge in [0.05, 0.1) is 28.3 Å². The fraction of sp³-hybridized carbons (Fsp3) is 0.381. The molecule has 2 aromatic rings. The van der Waals surface area contributed by atoms with E-state index in [1.165, 1.54) is 31.4 Å². The van der Waals surface area contributed by atoms with Gasteiger partial charge in [-0.1, -0.05) is 35.3 Å². The Kier molecular flexibility index (Phi) is 6.66. The standard InChI is InChI=1S/C21H21Cl2F2NO3/c1-29-13-5-6-17(22)15(10-13)20(27)26-11-21(28)8-7-12(24)9-16(21)14-3-2-4-18(25)19(14)23/h2-6,10,12,16,28H,7-9,11H2,1H3,(H,26,27). The van der Waals surface area contributed by atoms with E-state index in [0.717, 1.165) is 0 Å². The van der Waals surface area contributed by atoms with Crippen LogP contribution >= 0.6 is 23.2 Å². The average molecular weight is 444 g/mol. The van der Waals surface area contributed by atoms with Crippen molar-refractivity contribution in [3.8, 4) is 5.75 Å². The molecule has 2 aromatic carbocycles. The first-order valence-corrected chi connectivity index (χ1v) is 9.93. The molecule has 0 bridgehead atoms. The first-order chi connectivity index (χ1) is 13.7. The summed E-state index contributed by atoms with van der Waals surface area (Å²) in [5, 5.41) is 14.0. The maximum atomic E-state index is 14.1. The number of carbonyl (C=O) groups excluding carboxylic acids is 1. The lowest BCUT2D eigenvalue weighted by Crippen LogP contribution is -2.50. The van der Waals surface area contributed by atoms with Crippen LogP contribution in [-0.2, 0) is 0 Å². The number of rotatable bonds is 5. The van der Waals surface area contributed by atoms with Gasteiger partial charge < -0.3 is 15.2 Å². The molecule has 4 nitrogen and oxygen atoms in total. The van der Waals surface area contributed by atoms with Crippen molar-refractivity contribution in [2.45, 2.75) is 37.0 Å². The van der Waals surface area contributed by atoms with Gasteiger partial charge in [0.25, 0.3) is 5.91 Å². The van der Waals surface area contributed by atoms with Crippen LogP contribution in [0.2, 0.25) is 10.0 Å². The van der Waals surface area contributed by atoms with Gasteiger partial charge in [0.15, 0.2) is 0 Å². The molecule has 1 saturated carbocycles. The molecule has 3 atom stereocenters. The van der Waals surface area contributed by atoms with Crippen LogP contribution in [0.25, 0.3) is 0 Å². The minimum Gasteiger partial charge on any atom is -0.497 e. The molecule has 3 unspecified atom stereocenters. The Labute approximate surface area is 177 Å². The Morgan fingerprint density at radius 1 is 1.34 bits per heavy atom. The third kappa shape index (κ3) is 4.65. The van der Waals surface area contributed by atoms with Crippen LogP contribution in [0.15, 0.2) is 36.4 Å². The van der Waals surface area contributed by atoms with Crippen LogP contribution in [0.3, 0.4) is 0 Å². The third-order valence-corrected chi connectivity index (χ3v) is 6.09. The maximum absolute atomic E-state index is 14.1. The third-order valence-electron chi connectivity index (χ3n) is 5.36. The van der Waals surface area contributed by atoms with Gasteiger partial charge in [-0.25, -0.2) is 8.78 Å². The molecular formula is C21H21Cl2F2NO3. The number of ether oxygens (including phenoxy) is 1. The monoisotopic (exact) mass is 443 g/mol. The number of amides is 1. The smallest absolute Gasteiger partial charge is 0.253 e. The molecule has 2 N–H and O–H groups in total. The van der Waals surface area contributed by atoms with Gasteiger partial charge in [0, 0.05) is 12.5 Å². The van der Waals surface area contributed by atoms with Gasteiger partial charge in [-0.05, 0) is 49.1 Å². The summed E-state index contributed by atoms with van der Waals surface area (Å²) in [6.45, 7) is -0.163. The van der Waals surface area contributed by atoms with Crippen LogP contribution < -0.4 is 10.1 Å². The molecule has 1 aliphatic carbocycles. The quantitative estimate of drug-likeness (QED) is 0.690. The predicted octanol–water partition coefficient (Wildman–Crippen LogP) is 4.91. The number of methoxy groups -OCH3 is 1. The second kappa shape index (κ2) is 8.86. The van der Waals surface area contributed by atoms with Crippen molar-refractivity contribution < 1.29 is 23.4 Å². The van der Waals surface area contributed by atoms with Crippen LogP contribution in [-0.4, -0.2) is 36.4 Å². The van der Waals surface area contributed by atoms with Crippen molar-refractivity contribution in [2.24, 2.45) is 0 Å². The van der Waals surface area contributed by atoms with E-state index in [0.29, 0.717) is 11.3 Å². The summed E-state index contributed by atoms with van der Waals surface area (Å²) in [5.74, 6) is -1.45. The molecule has 156 valence electrons. The predicted molar refractivity (Wildman–Crippen MR) is 108 cm³/mol. The molecular weight excluding hydrogens is 423 g/mol. The molecule has 3 rings (SSSR count). The first kappa shape index (κ1) is 21.8. The molecule has 0 aliphatic heterocycles. The number of carbonyl (C=O) groups is 1. The van der Waals surface area contributed by atoms with E-state index in [2.05, 4.69) is 5.32 Å².